The number of hydrogen-bond donors (Lipinski definition) is 1. The molecule has 0 unspecified atom stereocenters. The summed E-state index contributed by atoms with van der Waals surface area (Å²) in [6.45, 7) is 0.458. The fourth-order valence-corrected chi connectivity index (χ4v) is 1.55. The Kier molecular flexibility index (Phi) is 3.45. The van der Waals surface area contributed by atoms with E-state index < -0.39 is 0 Å². The van der Waals surface area contributed by atoms with E-state index in [0.29, 0.717) is 16.6 Å². The smallest absolute Gasteiger partial charge is 0.338 e. The van der Waals surface area contributed by atoms with Crippen molar-refractivity contribution in [1.82, 2.24) is 0 Å². The summed E-state index contributed by atoms with van der Waals surface area (Å²) in [5.74, 6) is -0.351. The monoisotopic (exact) mass is 243 g/mol. The first-order chi connectivity index (χ1) is 6.19. The maximum absolute atomic E-state index is 11.2. The summed E-state index contributed by atoms with van der Waals surface area (Å²) in [5.41, 5.74) is 6.93. The predicted octanol–water partition coefficient (Wildman–Crippen LogP) is 1.69. The number of halogens is 1. The first-order valence-electron chi connectivity index (χ1n) is 3.76. The molecule has 13 heavy (non-hydrogen) atoms. The van der Waals surface area contributed by atoms with Gasteiger partial charge in [0, 0.05) is 11.0 Å². The Hall–Kier alpha value is -0.870. The summed E-state index contributed by atoms with van der Waals surface area (Å²) in [5, 5.41) is 0. The zero-order valence-corrected chi connectivity index (χ0v) is 8.80. The van der Waals surface area contributed by atoms with Crippen LogP contribution in [0, 0.1) is 0 Å². The second-order valence-corrected chi connectivity index (χ2v) is 3.36. The highest BCUT2D eigenvalue weighted by atomic mass is 79.9. The summed E-state index contributed by atoms with van der Waals surface area (Å²) < 4.78 is 5.30. The van der Waals surface area contributed by atoms with Gasteiger partial charge in [-0.25, -0.2) is 4.79 Å². The van der Waals surface area contributed by atoms with Crippen LogP contribution in [0.3, 0.4) is 0 Å². The lowest BCUT2D eigenvalue weighted by Crippen LogP contribution is -2.03. The van der Waals surface area contributed by atoms with Crippen molar-refractivity contribution >= 4 is 21.9 Å². The molecular weight excluding hydrogens is 234 g/mol. The van der Waals surface area contributed by atoms with Crippen LogP contribution in [-0.2, 0) is 11.3 Å². The van der Waals surface area contributed by atoms with Crippen LogP contribution in [-0.4, -0.2) is 13.1 Å². The molecule has 0 atom stereocenters. The van der Waals surface area contributed by atoms with Crippen molar-refractivity contribution in [3.05, 3.63) is 33.8 Å². The van der Waals surface area contributed by atoms with Gasteiger partial charge in [0.2, 0.25) is 0 Å². The van der Waals surface area contributed by atoms with Gasteiger partial charge in [-0.3, -0.25) is 0 Å². The molecule has 1 aromatic carbocycles. The van der Waals surface area contributed by atoms with E-state index in [1.165, 1.54) is 7.11 Å². The lowest BCUT2D eigenvalue weighted by molar-refractivity contribution is 0.0599. The second-order valence-electron chi connectivity index (χ2n) is 2.51. The lowest BCUT2D eigenvalue weighted by atomic mass is 10.1. The third-order valence-corrected chi connectivity index (χ3v) is 2.33. The summed E-state index contributed by atoms with van der Waals surface area (Å²) in [4.78, 5) is 11.2. The first kappa shape index (κ1) is 10.2. The van der Waals surface area contributed by atoms with E-state index in [2.05, 4.69) is 20.7 Å². The molecule has 0 saturated heterocycles. The van der Waals surface area contributed by atoms with Crippen LogP contribution in [0.25, 0.3) is 0 Å². The molecule has 0 amide bonds. The zero-order chi connectivity index (χ0) is 9.84. The van der Waals surface area contributed by atoms with E-state index in [1.807, 2.05) is 6.07 Å². The Morgan fingerprint density at radius 1 is 1.62 bits per heavy atom. The molecule has 0 heterocycles. The number of nitrogens with two attached hydrogens (primary N) is 1. The summed E-state index contributed by atoms with van der Waals surface area (Å²) >= 11 is 3.27. The molecule has 0 aromatic heterocycles. The van der Waals surface area contributed by atoms with Gasteiger partial charge >= 0.3 is 5.97 Å². The van der Waals surface area contributed by atoms with Gasteiger partial charge in [-0.15, -0.1) is 0 Å². The average molecular weight is 244 g/mol. The summed E-state index contributed by atoms with van der Waals surface area (Å²) in [6.07, 6.45) is 0. The van der Waals surface area contributed by atoms with E-state index >= 15 is 0 Å². The van der Waals surface area contributed by atoms with Crippen molar-refractivity contribution in [1.29, 1.82) is 0 Å². The molecule has 3 nitrogen and oxygen atoms in total. The van der Waals surface area contributed by atoms with Crippen molar-refractivity contribution in [3.8, 4) is 0 Å². The van der Waals surface area contributed by atoms with Crippen LogP contribution in [0.5, 0.6) is 0 Å². The summed E-state index contributed by atoms with van der Waals surface area (Å²) in [6, 6.07) is 5.31. The van der Waals surface area contributed by atoms with Gasteiger partial charge in [0.05, 0.1) is 12.7 Å². The van der Waals surface area contributed by atoms with E-state index in [-0.39, 0.29) is 5.97 Å². The molecule has 0 fully saturated rings. The fraction of sp³-hybridized carbons (Fsp3) is 0.222. The third-order valence-electron chi connectivity index (χ3n) is 1.67. The molecule has 1 aromatic rings. The summed E-state index contributed by atoms with van der Waals surface area (Å²) in [7, 11) is 1.35. The molecule has 0 aliphatic carbocycles. The predicted molar refractivity (Wildman–Crippen MR) is 53.4 cm³/mol. The Morgan fingerprint density at radius 2 is 2.31 bits per heavy atom. The molecule has 0 bridgehead atoms. The molecule has 2 N–H and O–H groups in total. The van der Waals surface area contributed by atoms with Crippen molar-refractivity contribution in [2.45, 2.75) is 6.54 Å². The largest absolute Gasteiger partial charge is 0.465 e. The number of methoxy groups -OCH3 is 1. The van der Waals surface area contributed by atoms with Crippen molar-refractivity contribution in [2.24, 2.45) is 5.73 Å². The minimum Gasteiger partial charge on any atom is -0.465 e. The van der Waals surface area contributed by atoms with Gasteiger partial charge in [0.15, 0.2) is 0 Å². The van der Waals surface area contributed by atoms with Gasteiger partial charge in [-0.2, -0.15) is 0 Å². The standard InChI is InChI=1S/C9H10BrNO2/c1-13-9(12)7-3-2-6(5-11)4-8(7)10/h2-4H,5,11H2,1H3. The molecule has 0 saturated carbocycles. The van der Waals surface area contributed by atoms with E-state index in [9.17, 15) is 4.79 Å². The number of benzene rings is 1. The normalized spacial score (nSPS) is 9.77. The maximum atomic E-state index is 11.2. The number of rotatable bonds is 2. The SMILES string of the molecule is COC(=O)c1ccc(CN)cc1Br. The van der Waals surface area contributed by atoms with Gasteiger partial charge in [-0.1, -0.05) is 6.07 Å². The van der Waals surface area contributed by atoms with Gasteiger partial charge < -0.3 is 10.5 Å². The van der Waals surface area contributed by atoms with Gasteiger partial charge in [-0.05, 0) is 33.6 Å². The molecule has 1 rings (SSSR count). The topological polar surface area (TPSA) is 52.3 Å². The van der Waals surface area contributed by atoms with Crippen LogP contribution < -0.4 is 5.73 Å². The second kappa shape index (κ2) is 4.39. The Morgan fingerprint density at radius 3 is 2.77 bits per heavy atom. The van der Waals surface area contributed by atoms with Crippen LogP contribution in [0.2, 0.25) is 0 Å². The maximum Gasteiger partial charge on any atom is 0.338 e. The van der Waals surface area contributed by atoms with Crippen molar-refractivity contribution < 1.29 is 9.53 Å². The minimum absolute atomic E-state index is 0.351. The molecule has 0 aliphatic rings. The number of carbonyl (C=O) groups excluding carboxylic acids is 1. The highest BCUT2D eigenvalue weighted by Crippen LogP contribution is 2.19. The number of ether oxygens (including phenoxy) is 1. The first-order valence-corrected chi connectivity index (χ1v) is 4.55. The molecule has 4 heteroatoms. The number of esters is 1. The van der Waals surface area contributed by atoms with Gasteiger partial charge in [0.25, 0.3) is 0 Å². The van der Waals surface area contributed by atoms with E-state index in [0.717, 1.165) is 5.56 Å². The quantitative estimate of drug-likeness (QED) is 0.805. The molecule has 0 spiro atoms. The molecule has 0 radical (unpaired) electrons. The lowest BCUT2D eigenvalue weighted by Gasteiger charge is -2.03. The van der Waals surface area contributed by atoms with E-state index in [4.69, 9.17) is 5.73 Å². The van der Waals surface area contributed by atoms with Crippen molar-refractivity contribution in [3.63, 3.8) is 0 Å². The zero-order valence-electron chi connectivity index (χ0n) is 7.21. The highest BCUT2D eigenvalue weighted by molar-refractivity contribution is 9.10. The van der Waals surface area contributed by atoms with Gasteiger partial charge in [0.1, 0.15) is 0 Å². The number of hydrogen-bond acceptors (Lipinski definition) is 3. The molecule has 70 valence electrons. The van der Waals surface area contributed by atoms with Crippen LogP contribution in [0.15, 0.2) is 22.7 Å². The van der Waals surface area contributed by atoms with Crippen molar-refractivity contribution in [2.75, 3.05) is 7.11 Å². The Balaban J connectivity index is 3.05. The van der Waals surface area contributed by atoms with Crippen LogP contribution in [0.4, 0.5) is 0 Å². The van der Waals surface area contributed by atoms with Crippen LogP contribution >= 0.6 is 15.9 Å². The fourth-order valence-electron chi connectivity index (χ4n) is 0.961. The van der Waals surface area contributed by atoms with E-state index in [1.54, 1.807) is 12.1 Å². The highest BCUT2D eigenvalue weighted by Gasteiger charge is 2.09. The Labute approximate surface area is 85.0 Å². The van der Waals surface area contributed by atoms with Crippen LogP contribution in [0.1, 0.15) is 15.9 Å². The third kappa shape index (κ3) is 2.29. The average Bonchev–Trinajstić information content (AvgIpc) is 2.16. The number of carbonyl (C=O) groups is 1. The molecular formula is C9H10BrNO2. The Bertz CT molecular complexity index is 325. The molecule has 0 aliphatic heterocycles. The minimum atomic E-state index is -0.351.